The normalized spacial score (nSPS) is 23.2. The molecule has 1 saturated heterocycles. The van der Waals surface area contributed by atoms with Crippen molar-refractivity contribution in [1.29, 1.82) is 0 Å². The minimum absolute atomic E-state index is 0.387. The van der Waals surface area contributed by atoms with E-state index in [1.807, 2.05) is 18.7 Å². The van der Waals surface area contributed by atoms with Crippen LogP contribution in [0, 0.1) is 0 Å². The zero-order valence-electron chi connectivity index (χ0n) is 13.3. The van der Waals surface area contributed by atoms with Crippen LogP contribution in [-0.2, 0) is 4.74 Å². The van der Waals surface area contributed by atoms with Crippen LogP contribution in [0.3, 0.4) is 0 Å². The molecule has 3 unspecified atom stereocenters. The Morgan fingerprint density at radius 3 is 2.67 bits per heavy atom. The van der Waals surface area contributed by atoms with Gasteiger partial charge >= 0.3 is 0 Å². The summed E-state index contributed by atoms with van der Waals surface area (Å²) in [5.74, 6) is 2.03. The molecular formula is C17H27NO2S. The Labute approximate surface area is 132 Å². The summed E-state index contributed by atoms with van der Waals surface area (Å²) in [4.78, 5) is 0. The zero-order chi connectivity index (χ0) is 15.1. The van der Waals surface area contributed by atoms with Gasteiger partial charge in [-0.15, -0.1) is 0 Å². The van der Waals surface area contributed by atoms with Gasteiger partial charge in [0.05, 0.1) is 12.7 Å². The molecule has 1 heterocycles. The predicted octanol–water partition coefficient (Wildman–Crippen LogP) is 3.65. The molecule has 0 spiro atoms. The van der Waals surface area contributed by atoms with Gasteiger partial charge < -0.3 is 14.8 Å². The van der Waals surface area contributed by atoms with Gasteiger partial charge in [-0.3, -0.25) is 0 Å². The van der Waals surface area contributed by atoms with Crippen LogP contribution in [0.4, 0.5) is 0 Å². The van der Waals surface area contributed by atoms with E-state index in [-0.39, 0.29) is 0 Å². The van der Waals surface area contributed by atoms with E-state index in [1.54, 1.807) is 0 Å². The van der Waals surface area contributed by atoms with Crippen LogP contribution in [0.5, 0.6) is 5.75 Å². The van der Waals surface area contributed by atoms with Gasteiger partial charge in [0.1, 0.15) is 5.75 Å². The summed E-state index contributed by atoms with van der Waals surface area (Å²) in [6.07, 6.45) is 1.56. The molecule has 1 aliphatic heterocycles. The fraction of sp³-hybridized carbons (Fsp3) is 0.647. The van der Waals surface area contributed by atoms with Crippen LogP contribution in [0.25, 0.3) is 0 Å². The Kier molecular flexibility index (Phi) is 6.87. The molecule has 1 aliphatic rings. The second-order valence-corrected chi connectivity index (χ2v) is 6.62. The fourth-order valence-electron chi connectivity index (χ4n) is 2.63. The van der Waals surface area contributed by atoms with E-state index in [0.29, 0.717) is 24.0 Å². The molecule has 1 aromatic carbocycles. The minimum atomic E-state index is 0.387. The van der Waals surface area contributed by atoms with Gasteiger partial charge in [-0.2, -0.15) is 11.8 Å². The number of thioether (sulfide) groups is 1. The maximum absolute atomic E-state index is 5.65. The number of ether oxygens (including phenoxy) is 2. The smallest absolute Gasteiger partial charge is 0.119 e. The van der Waals surface area contributed by atoms with E-state index in [9.17, 15) is 0 Å². The predicted molar refractivity (Wildman–Crippen MR) is 90.3 cm³/mol. The first-order valence-corrected chi connectivity index (χ1v) is 8.98. The third-order valence-electron chi connectivity index (χ3n) is 3.83. The molecule has 1 fully saturated rings. The van der Waals surface area contributed by atoms with Crippen molar-refractivity contribution in [2.45, 2.75) is 44.6 Å². The molecular weight excluding hydrogens is 282 g/mol. The zero-order valence-corrected chi connectivity index (χ0v) is 14.1. The minimum Gasteiger partial charge on any atom is -0.494 e. The van der Waals surface area contributed by atoms with Crippen molar-refractivity contribution >= 4 is 11.8 Å². The van der Waals surface area contributed by atoms with Gasteiger partial charge in [0.2, 0.25) is 0 Å². The monoisotopic (exact) mass is 309 g/mol. The lowest BCUT2D eigenvalue weighted by molar-refractivity contribution is 0.127. The molecule has 0 radical (unpaired) electrons. The van der Waals surface area contributed by atoms with Crippen molar-refractivity contribution in [3.05, 3.63) is 29.8 Å². The van der Waals surface area contributed by atoms with Gasteiger partial charge in [-0.1, -0.05) is 19.1 Å². The SMILES string of the molecule is CCNC(CSC1CCOC1C)c1ccc(OCC)cc1. The topological polar surface area (TPSA) is 30.5 Å². The summed E-state index contributed by atoms with van der Waals surface area (Å²) in [5, 5.41) is 4.22. The van der Waals surface area contributed by atoms with E-state index >= 15 is 0 Å². The van der Waals surface area contributed by atoms with Crippen molar-refractivity contribution in [3.8, 4) is 5.75 Å². The molecule has 0 bridgehead atoms. The first kappa shape index (κ1) is 16.7. The van der Waals surface area contributed by atoms with Crippen LogP contribution in [0.2, 0.25) is 0 Å². The van der Waals surface area contributed by atoms with Crippen LogP contribution < -0.4 is 10.1 Å². The largest absolute Gasteiger partial charge is 0.494 e. The second-order valence-electron chi connectivity index (χ2n) is 5.35. The summed E-state index contributed by atoms with van der Waals surface area (Å²) < 4.78 is 11.2. The molecule has 0 saturated carbocycles. The van der Waals surface area contributed by atoms with E-state index in [2.05, 4.69) is 43.4 Å². The molecule has 21 heavy (non-hydrogen) atoms. The molecule has 2 rings (SSSR count). The summed E-state index contributed by atoms with van der Waals surface area (Å²) in [5.41, 5.74) is 1.33. The average molecular weight is 309 g/mol. The molecule has 3 nitrogen and oxygen atoms in total. The van der Waals surface area contributed by atoms with Crippen molar-refractivity contribution in [1.82, 2.24) is 5.32 Å². The molecule has 3 atom stereocenters. The van der Waals surface area contributed by atoms with Gasteiger partial charge in [0, 0.05) is 23.7 Å². The lowest BCUT2D eigenvalue weighted by Gasteiger charge is -2.21. The van der Waals surface area contributed by atoms with Crippen LogP contribution in [-0.4, -0.2) is 36.9 Å². The third kappa shape index (κ3) is 4.90. The van der Waals surface area contributed by atoms with Gasteiger partial charge in [0.25, 0.3) is 0 Å². The summed E-state index contributed by atoms with van der Waals surface area (Å²) in [7, 11) is 0. The summed E-state index contributed by atoms with van der Waals surface area (Å²) >= 11 is 2.03. The maximum atomic E-state index is 5.65. The number of hydrogen-bond donors (Lipinski definition) is 1. The van der Waals surface area contributed by atoms with Crippen molar-refractivity contribution < 1.29 is 9.47 Å². The first-order valence-electron chi connectivity index (χ1n) is 7.94. The van der Waals surface area contributed by atoms with Crippen LogP contribution in [0.1, 0.15) is 38.8 Å². The number of rotatable bonds is 8. The second kappa shape index (κ2) is 8.66. The average Bonchev–Trinajstić information content (AvgIpc) is 2.90. The van der Waals surface area contributed by atoms with Crippen molar-refractivity contribution in [3.63, 3.8) is 0 Å². The third-order valence-corrected chi connectivity index (χ3v) is 5.40. The molecule has 0 aromatic heterocycles. The molecule has 1 N–H and O–H groups in total. The number of benzene rings is 1. The number of nitrogens with one attached hydrogen (secondary N) is 1. The highest BCUT2D eigenvalue weighted by Crippen LogP contribution is 2.30. The molecule has 0 aliphatic carbocycles. The van der Waals surface area contributed by atoms with Crippen molar-refractivity contribution in [2.75, 3.05) is 25.5 Å². The van der Waals surface area contributed by atoms with Gasteiger partial charge in [-0.05, 0) is 44.5 Å². The first-order chi connectivity index (χ1) is 10.2. The van der Waals surface area contributed by atoms with Gasteiger partial charge in [0.15, 0.2) is 0 Å². The van der Waals surface area contributed by atoms with E-state index in [0.717, 1.165) is 24.7 Å². The Bertz CT molecular complexity index is 410. The molecule has 4 heteroatoms. The van der Waals surface area contributed by atoms with Gasteiger partial charge in [-0.25, -0.2) is 0 Å². The van der Waals surface area contributed by atoms with Crippen LogP contribution >= 0.6 is 11.8 Å². The van der Waals surface area contributed by atoms with Crippen molar-refractivity contribution in [2.24, 2.45) is 0 Å². The Morgan fingerprint density at radius 2 is 2.10 bits per heavy atom. The van der Waals surface area contributed by atoms with E-state index in [1.165, 1.54) is 12.0 Å². The molecule has 118 valence electrons. The maximum Gasteiger partial charge on any atom is 0.119 e. The highest BCUT2D eigenvalue weighted by atomic mass is 32.2. The Hall–Kier alpha value is -0.710. The quantitative estimate of drug-likeness (QED) is 0.794. The lowest BCUT2D eigenvalue weighted by Crippen LogP contribution is -2.25. The highest BCUT2D eigenvalue weighted by molar-refractivity contribution is 8.00. The Morgan fingerprint density at radius 1 is 1.33 bits per heavy atom. The fourth-order valence-corrected chi connectivity index (χ4v) is 4.00. The Balaban J connectivity index is 1.93. The van der Waals surface area contributed by atoms with Crippen LogP contribution in [0.15, 0.2) is 24.3 Å². The summed E-state index contributed by atoms with van der Waals surface area (Å²) in [6.45, 7) is 8.96. The lowest BCUT2D eigenvalue weighted by atomic mass is 10.1. The summed E-state index contributed by atoms with van der Waals surface area (Å²) in [6, 6.07) is 8.87. The standard InChI is InChI=1S/C17H27NO2S/c1-4-18-16(12-21-17-10-11-20-13(17)3)14-6-8-15(9-7-14)19-5-2/h6-9,13,16-18H,4-5,10-12H2,1-3H3. The number of hydrogen-bond acceptors (Lipinski definition) is 4. The molecule has 0 amide bonds. The molecule has 1 aromatic rings. The van der Waals surface area contributed by atoms with E-state index < -0.39 is 0 Å². The highest BCUT2D eigenvalue weighted by Gasteiger charge is 2.25. The van der Waals surface area contributed by atoms with E-state index in [4.69, 9.17) is 9.47 Å².